The lowest BCUT2D eigenvalue weighted by Gasteiger charge is -2.28. The van der Waals surface area contributed by atoms with Crippen molar-refractivity contribution in [3.05, 3.63) is 42.7 Å². The van der Waals surface area contributed by atoms with Gasteiger partial charge in [-0.3, -0.25) is 9.78 Å². The molecule has 0 bridgehead atoms. The van der Waals surface area contributed by atoms with Crippen LogP contribution in [0.1, 0.15) is 0 Å². The van der Waals surface area contributed by atoms with Crippen LogP contribution in [0.3, 0.4) is 0 Å². The van der Waals surface area contributed by atoms with E-state index in [4.69, 9.17) is 4.74 Å². The van der Waals surface area contributed by atoms with Gasteiger partial charge in [0.05, 0.1) is 12.3 Å². The van der Waals surface area contributed by atoms with Gasteiger partial charge in [-0.05, 0) is 31.3 Å². The number of pyridine rings is 2. The maximum Gasteiger partial charge on any atom is 0.255 e. The van der Waals surface area contributed by atoms with Gasteiger partial charge in [0, 0.05) is 31.0 Å². The first-order valence-electron chi connectivity index (χ1n) is 7.21. The summed E-state index contributed by atoms with van der Waals surface area (Å²) in [5, 5.41) is 2.79. The molecule has 3 rings (SSSR count). The highest BCUT2D eigenvalue weighted by Gasteiger charge is 2.24. The summed E-state index contributed by atoms with van der Waals surface area (Å²) in [5.41, 5.74) is 1.76. The second kappa shape index (κ2) is 6.64. The molecule has 6 nitrogen and oxygen atoms in total. The van der Waals surface area contributed by atoms with Gasteiger partial charge in [0.25, 0.3) is 5.91 Å². The molecule has 2 aromatic heterocycles. The van der Waals surface area contributed by atoms with E-state index in [1.807, 2.05) is 31.3 Å². The van der Waals surface area contributed by atoms with E-state index in [1.165, 1.54) is 0 Å². The van der Waals surface area contributed by atoms with Gasteiger partial charge in [-0.2, -0.15) is 0 Å². The van der Waals surface area contributed by atoms with Crippen molar-refractivity contribution in [2.24, 2.45) is 0 Å². The summed E-state index contributed by atoms with van der Waals surface area (Å²) in [5.74, 6) is 0.353. The third-order valence-electron chi connectivity index (χ3n) is 3.54. The number of carbonyl (C=O) groups is 1. The second-order valence-corrected chi connectivity index (χ2v) is 5.26. The van der Waals surface area contributed by atoms with E-state index in [0.29, 0.717) is 19.0 Å². The fourth-order valence-corrected chi connectivity index (χ4v) is 2.30. The quantitative estimate of drug-likeness (QED) is 0.928. The van der Waals surface area contributed by atoms with Gasteiger partial charge in [0.2, 0.25) is 0 Å². The summed E-state index contributed by atoms with van der Waals surface area (Å²) in [6, 6.07) is 9.37. The molecule has 0 aliphatic carbocycles. The van der Waals surface area contributed by atoms with Crippen molar-refractivity contribution in [2.45, 2.75) is 6.10 Å². The van der Waals surface area contributed by atoms with Gasteiger partial charge < -0.3 is 15.0 Å². The molecule has 1 fully saturated rings. The SMILES string of the molecule is CN1CCO[C@H](C(=O)Nc2ccc(-c3ccccn3)cn2)C1. The van der Waals surface area contributed by atoms with Crippen LogP contribution in [0, 0.1) is 0 Å². The minimum atomic E-state index is -0.448. The number of amides is 1. The van der Waals surface area contributed by atoms with Crippen molar-refractivity contribution in [1.29, 1.82) is 0 Å². The van der Waals surface area contributed by atoms with Crippen LogP contribution in [-0.2, 0) is 9.53 Å². The first kappa shape index (κ1) is 14.6. The van der Waals surface area contributed by atoms with Crippen molar-refractivity contribution >= 4 is 11.7 Å². The molecule has 0 spiro atoms. The number of aromatic nitrogens is 2. The van der Waals surface area contributed by atoms with Gasteiger partial charge in [-0.1, -0.05) is 6.07 Å². The van der Waals surface area contributed by atoms with Crippen LogP contribution in [0.25, 0.3) is 11.3 Å². The van der Waals surface area contributed by atoms with Gasteiger partial charge in [0.15, 0.2) is 0 Å². The number of anilines is 1. The zero-order valence-corrected chi connectivity index (χ0v) is 12.4. The van der Waals surface area contributed by atoms with E-state index in [0.717, 1.165) is 17.8 Å². The van der Waals surface area contributed by atoms with Gasteiger partial charge in [0.1, 0.15) is 11.9 Å². The van der Waals surface area contributed by atoms with Crippen molar-refractivity contribution in [2.75, 3.05) is 32.1 Å². The third-order valence-corrected chi connectivity index (χ3v) is 3.54. The number of morpholine rings is 1. The summed E-state index contributed by atoms with van der Waals surface area (Å²) in [7, 11) is 1.97. The number of carbonyl (C=O) groups excluding carboxylic acids is 1. The molecule has 1 N–H and O–H groups in total. The Labute approximate surface area is 129 Å². The normalized spacial score (nSPS) is 18.9. The molecule has 1 aliphatic heterocycles. The lowest BCUT2D eigenvalue weighted by Crippen LogP contribution is -2.46. The van der Waals surface area contributed by atoms with Crippen molar-refractivity contribution in [3.63, 3.8) is 0 Å². The van der Waals surface area contributed by atoms with Crippen LogP contribution in [0.15, 0.2) is 42.7 Å². The van der Waals surface area contributed by atoms with Crippen molar-refractivity contribution < 1.29 is 9.53 Å². The molecule has 0 aromatic carbocycles. The summed E-state index contributed by atoms with van der Waals surface area (Å²) in [6.07, 6.45) is 2.99. The van der Waals surface area contributed by atoms with Crippen LogP contribution >= 0.6 is 0 Å². The first-order chi connectivity index (χ1) is 10.7. The van der Waals surface area contributed by atoms with Gasteiger partial charge in [-0.25, -0.2) is 4.98 Å². The Hall–Kier alpha value is -2.31. The van der Waals surface area contributed by atoms with Crippen molar-refractivity contribution in [1.82, 2.24) is 14.9 Å². The Balaban J connectivity index is 1.65. The number of nitrogens with zero attached hydrogens (tertiary/aromatic N) is 3. The highest BCUT2D eigenvalue weighted by atomic mass is 16.5. The molecular formula is C16H18N4O2. The molecule has 114 valence electrons. The Bertz CT molecular complexity index is 630. The molecular weight excluding hydrogens is 280 g/mol. The summed E-state index contributed by atoms with van der Waals surface area (Å²) < 4.78 is 5.48. The Morgan fingerprint density at radius 2 is 2.23 bits per heavy atom. The maximum atomic E-state index is 12.2. The summed E-state index contributed by atoms with van der Waals surface area (Å²) in [6.45, 7) is 2.01. The van der Waals surface area contributed by atoms with Gasteiger partial charge in [-0.15, -0.1) is 0 Å². The largest absolute Gasteiger partial charge is 0.366 e. The fourth-order valence-electron chi connectivity index (χ4n) is 2.30. The molecule has 6 heteroatoms. The van der Waals surface area contributed by atoms with E-state index in [-0.39, 0.29) is 5.91 Å². The summed E-state index contributed by atoms with van der Waals surface area (Å²) >= 11 is 0. The first-order valence-corrected chi connectivity index (χ1v) is 7.21. The number of nitrogens with one attached hydrogen (secondary N) is 1. The number of hydrogen-bond donors (Lipinski definition) is 1. The molecule has 1 atom stereocenters. The fraction of sp³-hybridized carbons (Fsp3) is 0.312. The van der Waals surface area contributed by atoms with Crippen LogP contribution in [-0.4, -0.2) is 53.6 Å². The van der Waals surface area contributed by atoms with E-state index in [1.54, 1.807) is 18.5 Å². The van der Waals surface area contributed by atoms with Crippen LogP contribution < -0.4 is 5.32 Å². The Kier molecular flexibility index (Phi) is 4.41. The van der Waals surface area contributed by atoms with Gasteiger partial charge >= 0.3 is 0 Å². The van der Waals surface area contributed by atoms with E-state index >= 15 is 0 Å². The molecule has 1 aliphatic rings. The smallest absolute Gasteiger partial charge is 0.255 e. The third kappa shape index (κ3) is 3.47. The minimum Gasteiger partial charge on any atom is -0.366 e. The minimum absolute atomic E-state index is 0.162. The predicted octanol–water partition coefficient (Wildman–Crippen LogP) is 1.41. The zero-order chi connectivity index (χ0) is 15.4. The van der Waals surface area contributed by atoms with Crippen LogP contribution in [0.4, 0.5) is 5.82 Å². The molecule has 1 saturated heterocycles. The monoisotopic (exact) mass is 298 g/mol. The molecule has 0 unspecified atom stereocenters. The number of ether oxygens (including phenoxy) is 1. The molecule has 1 amide bonds. The van der Waals surface area contributed by atoms with E-state index in [2.05, 4.69) is 20.2 Å². The van der Waals surface area contributed by atoms with Crippen LogP contribution in [0.2, 0.25) is 0 Å². The molecule has 3 heterocycles. The lowest BCUT2D eigenvalue weighted by molar-refractivity contribution is -0.132. The molecule has 0 saturated carbocycles. The number of rotatable bonds is 3. The van der Waals surface area contributed by atoms with Crippen molar-refractivity contribution in [3.8, 4) is 11.3 Å². The molecule has 0 radical (unpaired) electrons. The standard InChI is InChI=1S/C16H18N4O2/c1-20-8-9-22-14(11-20)16(21)19-15-6-5-12(10-18-15)13-4-2-3-7-17-13/h2-7,10,14H,8-9,11H2,1H3,(H,18,19,21)/t14-/m0/s1. The second-order valence-electron chi connectivity index (χ2n) is 5.26. The predicted molar refractivity (Wildman–Crippen MR) is 83.3 cm³/mol. The summed E-state index contributed by atoms with van der Waals surface area (Å²) in [4.78, 5) is 22.8. The average Bonchev–Trinajstić information content (AvgIpc) is 2.56. The highest BCUT2D eigenvalue weighted by molar-refractivity contribution is 5.93. The Morgan fingerprint density at radius 1 is 1.32 bits per heavy atom. The zero-order valence-electron chi connectivity index (χ0n) is 12.4. The highest BCUT2D eigenvalue weighted by Crippen LogP contribution is 2.17. The molecule has 2 aromatic rings. The number of hydrogen-bond acceptors (Lipinski definition) is 5. The average molecular weight is 298 g/mol. The van der Waals surface area contributed by atoms with E-state index < -0.39 is 6.10 Å². The number of likely N-dealkylation sites (N-methyl/N-ethyl adjacent to an activating group) is 1. The van der Waals surface area contributed by atoms with E-state index in [9.17, 15) is 4.79 Å². The lowest BCUT2D eigenvalue weighted by atomic mass is 10.2. The topological polar surface area (TPSA) is 67.3 Å². The maximum absolute atomic E-state index is 12.2. The van der Waals surface area contributed by atoms with Crippen LogP contribution in [0.5, 0.6) is 0 Å². The molecule has 22 heavy (non-hydrogen) atoms. The Morgan fingerprint density at radius 3 is 2.91 bits per heavy atom.